The summed E-state index contributed by atoms with van der Waals surface area (Å²) in [6.45, 7) is 3.67. The van der Waals surface area contributed by atoms with Crippen LogP contribution in [-0.2, 0) is 11.2 Å². The highest BCUT2D eigenvalue weighted by atomic mass is 16.5. The SMILES string of the molecule is CCc1ccc(C(=O)[C@H](C)OC(=O)c2ccc3ccccc3c2)cc1. The fourth-order valence-corrected chi connectivity index (χ4v) is 2.74. The van der Waals surface area contributed by atoms with Gasteiger partial charge in [0.25, 0.3) is 0 Å². The van der Waals surface area contributed by atoms with Crippen LogP contribution in [0.3, 0.4) is 0 Å². The van der Waals surface area contributed by atoms with Gasteiger partial charge in [0.1, 0.15) is 0 Å². The molecule has 0 N–H and O–H groups in total. The lowest BCUT2D eigenvalue weighted by molar-refractivity contribution is 0.0319. The van der Waals surface area contributed by atoms with Gasteiger partial charge >= 0.3 is 5.97 Å². The molecule has 0 unspecified atom stereocenters. The Bertz CT molecular complexity index is 910. The standard InChI is InChI=1S/C22H20O3/c1-3-16-8-10-18(11-9-16)21(23)15(2)25-22(24)20-13-12-17-6-4-5-7-19(17)14-20/h4-15H,3H2,1-2H3/t15-/m0/s1. The molecule has 0 saturated carbocycles. The second kappa shape index (κ2) is 7.31. The van der Waals surface area contributed by atoms with E-state index in [2.05, 4.69) is 6.92 Å². The summed E-state index contributed by atoms with van der Waals surface area (Å²) in [5.74, 6) is -0.687. The number of carbonyl (C=O) groups excluding carboxylic acids is 2. The number of ether oxygens (including phenoxy) is 1. The molecular weight excluding hydrogens is 312 g/mol. The van der Waals surface area contributed by atoms with Crippen molar-refractivity contribution in [2.75, 3.05) is 0 Å². The number of ketones is 1. The number of aryl methyl sites for hydroxylation is 1. The van der Waals surface area contributed by atoms with E-state index in [9.17, 15) is 9.59 Å². The molecule has 1 atom stereocenters. The molecule has 3 heteroatoms. The highest BCUT2D eigenvalue weighted by molar-refractivity contribution is 6.02. The van der Waals surface area contributed by atoms with E-state index in [1.54, 1.807) is 31.2 Å². The third kappa shape index (κ3) is 3.77. The molecule has 3 aromatic rings. The molecule has 0 saturated heterocycles. The third-order valence-corrected chi connectivity index (χ3v) is 4.28. The molecule has 25 heavy (non-hydrogen) atoms. The van der Waals surface area contributed by atoms with Gasteiger partial charge in [-0.1, -0.05) is 61.5 Å². The van der Waals surface area contributed by atoms with E-state index in [4.69, 9.17) is 4.74 Å². The van der Waals surface area contributed by atoms with E-state index >= 15 is 0 Å². The molecule has 0 aliphatic carbocycles. The van der Waals surface area contributed by atoms with E-state index in [-0.39, 0.29) is 5.78 Å². The molecule has 3 rings (SSSR count). The Kier molecular flexibility index (Phi) is 4.94. The number of benzene rings is 3. The Morgan fingerprint density at radius 3 is 2.20 bits per heavy atom. The third-order valence-electron chi connectivity index (χ3n) is 4.28. The Hall–Kier alpha value is -2.94. The molecule has 0 amide bonds. The van der Waals surface area contributed by atoms with Gasteiger partial charge in [-0.25, -0.2) is 4.79 Å². The summed E-state index contributed by atoms with van der Waals surface area (Å²) in [5, 5.41) is 2.02. The maximum atomic E-state index is 12.4. The van der Waals surface area contributed by atoms with Crippen molar-refractivity contribution in [1.29, 1.82) is 0 Å². The average Bonchev–Trinajstić information content (AvgIpc) is 2.67. The topological polar surface area (TPSA) is 43.4 Å². The summed E-state index contributed by atoms with van der Waals surface area (Å²) in [5.41, 5.74) is 2.16. The number of rotatable bonds is 5. The lowest BCUT2D eigenvalue weighted by Crippen LogP contribution is -2.24. The summed E-state index contributed by atoms with van der Waals surface area (Å²) >= 11 is 0. The van der Waals surface area contributed by atoms with E-state index in [0.717, 1.165) is 22.8 Å². The molecule has 3 nitrogen and oxygen atoms in total. The summed E-state index contributed by atoms with van der Waals surface area (Å²) in [7, 11) is 0. The zero-order chi connectivity index (χ0) is 17.8. The number of Topliss-reactive ketones (excluding diaryl/α,β-unsaturated/α-hetero) is 1. The summed E-state index contributed by atoms with van der Waals surface area (Å²) < 4.78 is 5.37. The van der Waals surface area contributed by atoms with Crippen molar-refractivity contribution in [1.82, 2.24) is 0 Å². The van der Waals surface area contributed by atoms with Crippen molar-refractivity contribution in [2.45, 2.75) is 26.4 Å². The van der Waals surface area contributed by atoms with Crippen molar-refractivity contribution in [3.8, 4) is 0 Å². The molecule has 0 aliphatic rings. The zero-order valence-electron chi connectivity index (χ0n) is 14.4. The van der Waals surface area contributed by atoms with Crippen LogP contribution in [0.4, 0.5) is 0 Å². The normalized spacial score (nSPS) is 11.9. The first-order chi connectivity index (χ1) is 12.1. The largest absolute Gasteiger partial charge is 0.451 e. The molecule has 3 aromatic carbocycles. The highest BCUT2D eigenvalue weighted by Gasteiger charge is 2.20. The Morgan fingerprint density at radius 1 is 0.880 bits per heavy atom. The van der Waals surface area contributed by atoms with Crippen LogP contribution in [0.25, 0.3) is 10.8 Å². The van der Waals surface area contributed by atoms with Crippen molar-refractivity contribution < 1.29 is 14.3 Å². The number of esters is 1. The molecular formula is C22H20O3. The molecule has 0 heterocycles. The zero-order valence-corrected chi connectivity index (χ0v) is 14.4. The average molecular weight is 332 g/mol. The van der Waals surface area contributed by atoms with E-state index < -0.39 is 12.1 Å². The summed E-state index contributed by atoms with van der Waals surface area (Å²) in [6.07, 6.45) is 0.0903. The minimum atomic E-state index is -0.827. The van der Waals surface area contributed by atoms with Gasteiger partial charge in [-0.3, -0.25) is 4.79 Å². The Labute approximate surface area is 147 Å². The second-order valence-corrected chi connectivity index (χ2v) is 6.02. The van der Waals surface area contributed by atoms with Crippen LogP contribution in [0.15, 0.2) is 66.7 Å². The number of hydrogen-bond donors (Lipinski definition) is 0. The molecule has 0 aliphatic heterocycles. The molecule has 0 spiro atoms. The molecule has 0 radical (unpaired) electrons. The van der Waals surface area contributed by atoms with Gasteiger partial charge in [-0.2, -0.15) is 0 Å². The fraction of sp³-hybridized carbons (Fsp3) is 0.182. The van der Waals surface area contributed by atoms with Crippen LogP contribution in [0.1, 0.15) is 40.1 Å². The Morgan fingerprint density at radius 2 is 1.52 bits per heavy atom. The van der Waals surface area contributed by atoms with E-state index in [0.29, 0.717) is 11.1 Å². The predicted octanol–water partition coefficient (Wildman–Crippen LogP) is 4.83. The highest BCUT2D eigenvalue weighted by Crippen LogP contribution is 2.17. The predicted molar refractivity (Wildman–Crippen MR) is 99.0 cm³/mol. The van der Waals surface area contributed by atoms with Crippen molar-refractivity contribution in [2.24, 2.45) is 0 Å². The van der Waals surface area contributed by atoms with Crippen molar-refractivity contribution in [3.63, 3.8) is 0 Å². The van der Waals surface area contributed by atoms with Gasteiger partial charge in [0.2, 0.25) is 5.78 Å². The molecule has 0 aromatic heterocycles. The molecule has 126 valence electrons. The van der Waals surface area contributed by atoms with E-state index in [1.807, 2.05) is 42.5 Å². The van der Waals surface area contributed by atoms with Crippen LogP contribution >= 0.6 is 0 Å². The summed E-state index contributed by atoms with van der Waals surface area (Å²) in [6, 6.07) is 20.6. The van der Waals surface area contributed by atoms with Gasteiger partial charge in [0.05, 0.1) is 5.56 Å². The van der Waals surface area contributed by atoms with Crippen molar-refractivity contribution >= 4 is 22.5 Å². The van der Waals surface area contributed by atoms with Crippen molar-refractivity contribution in [3.05, 3.63) is 83.4 Å². The van der Waals surface area contributed by atoms with Gasteiger partial charge in [0, 0.05) is 5.56 Å². The lowest BCUT2D eigenvalue weighted by atomic mass is 10.0. The molecule has 0 bridgehead atoms. The first kappa shape index (κ1) is 16.9. The van der Waals surface area contributed by atoms with Crippen LogP contribution in [0, 0.1) is 0 Å². The van der Waals surface area contributed by atoms with Crippen LogP contribution in [-0.4, -0.2) is 17.9 Å². The van der Waals surface area contributed by atoms with Crippen LogP contribution in [0.5, 0.6) is 0 Å². The number of carbonyl (C=O) groups is 2. The maximum Gasteiger partial charge on any atom is 0.338 e. The minimum Gasteiger partial charge on any atom is -0.451 e. The quantitative estimate of drug-likeness (QED) is 0.496. The smallest absolute Gasteiger partial charge is 0.338 e. The van der Waals surface area contributed by atoms with Gasteiger partial charge < -0.3 is 4.74 Å². The van der Waals surface area contributed by atoms with Gasteiger partial charge in [-0.05, 0) is 41.8 Å². The first-order valence-electron chi connectivity index (χ1n) is 8.41. The maximum absolute atomic E-state index is 12.4. The fourth-order valence-electron chi connectivity index (χ4n) is 2.74. The van der Waals surface area contributed by atoms with Crippen LogP contribution < -0.4 is 0 Å². The minimum absolute atomic E-state index is 0.197. The van der Waals surface area contributed by atoms with Gasteiger partial charge in [-0.15, -0.1) is 0 Å². The number of fused-ring (bicyclic) bond motifs is 1. The number of hydrogen-bond acceptors (Lipinski definition) is 3. The van der Waals surface area contributed by atoms with Gasteiger partial charge in [0.15, 0.2) is 6.10 Å². The lowest BCUT2D eigenvalue weighted by Gasteiger charge is -2.13. The van der Waals surface area contributed by atoms with E-state index in [1.165, 1.54) is 0 Å². The summed E-state index contributed by atoms with van der Waals surface area (Å²) in [4.78, 5) is 24.8. The van der Waals surface area contributed by atoms with Crippen LogP contribution in [0.2, 0.25) is 0 Å². The Balaban J connectivity index is 1.72. The first-order valence-corrected chi connectivity index (χ1v) is 8.41. The second-order valence-electron chi connectivity index (χ2n) is 6.02. The monoisotopic (exact) mass is 332 g/mol. The molecule has 0 fully saturated rings.